The van der Waals surface area contributed by atoms with Gasteiger partial charge in [0.2, 0.25) is 5.91 Å². The van der Waals surface area contributed by atoms with Crippen LogP contribution in [0.1, 0.15) is 219 Å². The van der Waals surface area contributed by atoms with Crippen LogP contribution in [0.25, 0.3) is 0 Å². The van der Waals surface area contributed by atoms with Crippen LogP contribution in [0.4, 0.5) is 0 Å². The molecule has 0 aromatic carbocycles. The second kappa shape index (κ2) is 38.8. The summed E-state index contributed by atoms with van der Waals surface area (Å²) >= 11 is 0. The molecule has 0 atom stereocenters. The summed E-state index contributed by atoms with van der Waals surface area (Å²) in [5, 5.41) is 10.9. The van der Waals surface area contributed by atoms with Crippen molar-refractivity contribution >= 4 is 11.9 Å². The first kappa shape index (κ1) is 45.7. The maximum atomic E-state index is 12.6. The summed E-state index contributed by atoms with van der Waals surface area (Å²) in [6, 6.07) is 0. The Labute approximate surface area is 312 Å². The van der Waals surface area contributed by atoms with Crippen molar-refractivity contribution in [1.82, 2.24) is 4.90 Å². The van der Waals surface area contributed by atoms with E-state index in [1.54, 1.807) is 0 Å². The minimum Gasteiger partial charge on any atom is -0.550 e. The summed E-state index contributed by atoms with van der Waals surface area (Å²) < 4.78 is 0. The molecule has 0 spiro atoms. The quantitative estimate of drug-likeness (QED) is 0.0525. The van der Waals surface area contributed by atoms with Gasteiger partial charge in [-0.1, -0.05) is 194 Å². The third-order valence-corrected chi connectivity index (χ3v) is 8.96. The normalized spacial score (nSPS) is 11.0. The SMILES string of the molecule is CCCCCCCCCCCCCCCCCN(CCCCCCCCCCCCCCCCC)C(=O)CCC(=O)[O-].[K+]. The summed E-state index contributed by atoms with van der Waals surface area (Å²) in [5.41, 5.74) is 0. The summed E-state index contributed by atoms with van der Waals surface area (Å²) in [4.78, 5) is 25.4. The number of unbranched alkanes of at least 4 members (excludes halogenated alkanes) is 28. The molecule has 0 saturated carbocycles. The Morgan fingerprint density at radius 1 is 0.395 bits per heavy atom. The molecule has 0 bridgehead atoms. The summed E-state index contributed by atoms with van der Waals surface area (Å²) in [7, 11) is 0. The first-order valence-electron chi connectivity index (χ1n) is 19.1. The second-order valence-corrected chi connectivity index (χ2v) is 13.2. The van der Waals surface area contributed by atoms with E-state index in [0.717, 1.165) is 25.9 Å². The van der Waals surface area contributed by atoms with Gasteiger partial charge in [0.25, 0.3) is 0 Å². The zero-order valence-corrected chi connectivity index (χ0v) is 32.8. The fraction of sp³-hybridized carbons (Fsp3) is 0.947. The minimum atomic E-state index is -1.12. The number of carbonyl (C=O) groups is 2. The standard InChI is InChI=1S/C38H75NO3.K/c1-3-5-7-9-11-13-15-17-19-21-23-25-27-29-31-35-39(37(40)33-34-38(41)42)36-32-30-28-26-24-22-20-18-16-14-12-10-8-6-4-2;/h3-36H2,1-2H3,(H,41,42);/q;+1/p-1. The maximum Gasteiger partial charge on any atom is 1.00 e. The van der Waals surface area contributed by atoms with Crippen molar-refractivity contribution in [1.29, 1.82) is 0 Å². The smallest absolute Gasteiger partial charge is 0.550 e. The van der Waals surface area contributed by atoms with Crippen molar-refractivity contribution in [3.63, 3.8) is 0 Å². The largest absolute Gasteiger partial charge is 1.00 e. The Kier molecular flexibility index (Phi) is 41.2. The Hall–Kier alpha value is 0.576. The number of rotatable bonds is 35. The van der Waals surface area contributed by atoms with Gasteiger partial charge in [-0.3, -0.25) is 4.79 Å². The van der Waals surface area contributed by atoms with Crippen LogP contribution in [0.15, 0.2) is 0 Å². The molecule has 0 saturated heterocycles. The molecule has 4 nitrogen and oxygen atoms in total. The van der Waals surface area contributed by atoms with E-state index in [1.807, 2.05) is 4.90 Å². The van der Waals surface area contributed by atoms with Gasteiger partial charge >= 0.3 is 51.4 Å². The van der Waals surface area contributed by atoms with Crippen LogP contribution in [-0.2, 0) is 9.59 Å². The molecule has 0 unspecified atom stereocenters. The van der Waals surface area contributed by atoms with Gasteiger partial charge in [0.05, 0.1) is 0 Å². The molecule has 43 heavy (non-hydrogen) atoms. The predicted molar refractivity (Wildman–Crippen MR) is 181 cm³/mol. The van der Waals surface area contributed by atoms with Crippen LogP contribution in [0, 0.1) is 0 Å². The molecule has 0 aliphatic carbocycles. The van der Waals surface area contributed by atoms with Crippen LogP contribution in [0.2, 0.25) is 0 Å². The van der Waals surface area contributed by atoms with E-state index < -0.39 is 5.97 Å². The summed E-state index contributed by atoms with van der Waals surface area (Å²) in [5.74, 6) is -1.13. The van der Waals surface area contributed by atoms with Crippen LogP contribution < -0.4 is 56.5 Å². The van der Waals surface area contributed by atoms with Crippen molar-refractivity contribution in [3.8, 4) is 0 Å². The number of carboxylic acids is 1. The number of nitrogens with zero attached hydrogens (tertiary/aromatic N) is 1. The van der Waals surface area contributed by atoms with Gasteiger partial charge < -0.3 is 14.8 Å². The molecule has 0 aliphatic rings. The Morgan fingerprint density at radius 3 is 0.860 bits per heavy atom. The van der Waals surface area contributed by atoms with Gasteiger partial charge in [0.15, 0.2) is 0 Å². The van der Waals surface area contributed by atoms with E-state index >= 15 is 0 Å². The Morgan fingerprint density at radius 2 is 0.628 bits per heavy atom. The fourth-order valence-electron chi connectivity index (χ4n) is 6.08. The van der Waals surface area contributed by atoms with Crippen molar-refractivity contribution in [2.24, 2.45) is 0 Å². The summed E-state index contributed by atoms with van der Waals surface area (Å²) in [6.07, 6.45) is 40.0. The minimum absolute atomic E-state index is 0. The van der Waals surface area contributed by atoms with Crippen LogP contribution in [0.5, 0.6) is 0 Å². The van der Waals surface area contributed by atoms with E-state index in [1.165, 1.54) is 180 Å². The van der Waals surface area contributed by atoms with Gasteiger partial charge in [-0.25, -0.2) is 0 Å². The van der Waals surface area contributed by atoms with E-state index in [2.05, 4.69) is 13.8 Å². The first-order chi connectivity index (χ1) is 20.6. The van der Waals surface area contributed by atoms with E-state index in [0.29, 0.717) is 0 Å². The Bertz CT molecular complexity index is 537. The van der Waals surface area contributed by atoms with Crippen molar-refractivity contribution in [2.75, 3.05) is 13.1 Å². The van der Waals surface area contributed by atoms with E-state index in [9.17, 15) is 14.7 Å². The van der Waals surface area contributed by atoms with E-state index in [4.69, 9.17) is 0 Å². The van der Waals surface area contributed by atoms with Crippen molar-refractivity contribution in [3.05, 3.63) is 0 Å². The van der Waals surface area contributed by atoms with Gasteiger partial charge in [-0.05, 0) is 19.3 Å². The number of carboxylic acid groups (broad SMARTS) is 1. The average Bonchev–Trinajstić information content (AvgIpc) is 2.98. The van der Waals surface area contributed by atoms with Crippen LogP contribution >= 0.6 is 0 Å². The predicted octanol–water partition coefficient (Wildman–Crippen LogP) is 8.09. The monoisotopic (exact) mass is 632 g/mol. The molecule has 1 amide bonds. The molecule has 0 radical (unpaired) electrons. The molecule has 5 heteroatoms. The molecule has 0 heterocycles. The number of amides is 1. The fourth-order valence-corrected chi connectivity index (χ4v) is 6.08. The van der Waals surface area contributed by atoms with Crippen molar-refractivity contribution in [2.45, 2.75) is 219 Å². The maximum absolute atomic E-state index is 12.6. The van der Waals surface area contributed by atoms with Gasteiger partial charge in [-0.15, -0.1) is 0 Å². The average molecular weight is 632 g/mol. The Balaban J connectivity index is 0. The molecule has 0 rings (SSSR count). The molecule has 250 valence electrons. The molecular weight excluding hydrogens is 558 g/mol. The molecule has 0 aromatic rings. The van der Waals surface area contributed by atoms with Gasteiger partial charge in [0.1, 0.15) is 0 Å². The number of hydrogen-bond donors (Lipinski definition) is 0. The third-order valence-electron chi connectivity index (χ3n) is 8.96. The topological polar surface area (TPSA) is 60.4 Å². The van der Waals surface area contributed by atoms with Gasteiger partial charge in [-0.2, -0.15) is 0 Å². The third kappa shape index (κ3) is 36.9. The van der Waals surface area contributed by atoms with Crippen LogP contribution in [0.3, 0.4) is 0 Å². The van der Waals surface area contributed by atoms with Crippen molar-refractivity contribution < 1.29 is 66.1 Å². The number of aliphatic carboxylic acids is 1. The first-order valence-corrected chi connectivity index (χ1v) is 19.1. The van der Waals surface area contributed by atoms with Crippen LogP contribution in [-0.4, -0.2) is 29.9 Å². The zero-order valence-electron chi connectivity index (χ0n) is 29.7. The molecule has 0 fully saturated rings. The van der Waals surface area contributed by atoms with Gasteiger partial charge in [0, 0.05) is 25.5 Å². The summed E-state index contributed by atoms with van der Waals surface area (Å²) in [6.45, 7) is 6.12. The second-order valence-electron chi connectivity index (χ2n) is 13.2. The molecule has 0 N–H and O–H groups in total. The zero-order chi connectivity index (χ0) is 30.8. The molecule has 0 aromatic heterocycles. The van der Waals surface area contributed by atoms with E-state index in [-0.39, 0.29) is 70.1 Å². The number of carbonyl (C=O) groups excluding carboxylic acids is 2. The number of hydrogen-bond acceptors (Lipinski definition) is 3. The molecule has 0 aliphatic heterocycles. The molecular formula is C38H74KNO3.